The Morgan fingerprint density at radius 1 is 1.62 bits per heavy atom. The quantitative estimate of drug-likeness (QED) is 0.645. The standard InChI is InChI=1S/C10H13BrN2O3/c1-7(4-5-14)12-10-3-2-8(13(15)16)6-9(10)11/h2-3,6-7,12,14H,4-5H2,1H3. The lowest BCUT2D eigenvalue weighted by molar-refractivity contribution is -0.384. The number of benzene rings is 1. The van der Waals surface area contributed by atoms with Gasteiger partial charge in [-0.2, -0.15) is 0 Å². The summed E-state index contributed by atoms with van der Waals surface area (Å²) in [4.78, 5) is 10.1. The Balaban J connectivity index is 2.79. The van der Waals surface area contributed by atoms with Crippen LogP contribution in [-0.2, 0) is 0 Å². The maximum Gasteiger partial charge on any atom is 0.270 e. The summed E-state index contributed by atoms with van der Waals surface area (Å²) in [5.74, 6) is 0. The van der Waals surface area contributed by atoms with Crippen LogP contribution in [0.1, 0.15) is 13.3 Å². The smallest absolute Gasteiger partial charge is 0.270 e. The van der Waals surface area contributed by atoms with Crippen molar-refractivity contribution in [3.63, 3.8) is 0 Å². The number of nitro benzene ring substituents is 1. The van der Waals surface area contributed by atoms with E-state index in [2.05, 4.69) is 21.2 Å². The third-order valence-electron chi connectivity index (χ3n) is 2.13. The number of nitrogens with zero attached hydrogens (tertiary/aromatic N) is 1. The second-order valence-electron chi connectivity index (χ2n) is 3.48. The average molecular weight is 289 g/mol. The van der Waals surface area contributed by atoms with Gasteiger partial charge < -0.3 is 10.4 Å². The number of hydrogen-bond acceptors (Lipinski definition) is 4. The van der Waals surface area contributed by atoms with Crippen molar-refractivity contribution in [1.29, 1.82) is 0 Å². The Kier molecular flexibility index (Phi) is 4.70. The molecule has 0 radical (unpaired) electrons. The van der Waals surface area contributed by atoms with E-state index in [1.807, 2.05) is 6.92 Å². The molecule has 1 unspecified atom stereocenters. The van der Waals surface area contributed by atoms with Crippen LogP contribution in [0.25, 0.3) is 0 Å². The Labute approximate surface area is 102 Å². The van der Waals surface area contributed by atoms with Crippen LogP contribution in [0.4, 0.5) is 11.4 Å². The van der Waals surface area contributed by atoms with Crippen LogP contribution in [0.5, 0.6) is 0 Å². The van der Waals surface area contributed by atoms with Gasteiger partial charge >= 0.3 is 0 Å². The molecule has 5 nitrogen and oxygen atoms in total. The molecule has 0 aromatic heterocycles. The van der Waals surface area contributed by atoms with Gasteiger partial charge in [0.05, 0.1) is 4.92 Å². The summed E-state index contributed by atoms with van der Waals surface area (Å²) in [7, 11) is 0. The number of hydrogen-bond donors (Lipinski definition) is 2. The number of anilines is 1. The fraction of sp³-hybridized carbons (Fsp3) is 0.400. The highest BCUT2D eigenvalue weighted by molar-refractivity contribution is 9.10. The van der Waals surface area contributed by atoms with Gasteiger partial charge in [0, 0.05) is 34.9 Å². The van der Waals surface area contributed by atoms with Crippen LogP contribution in [0.2, 0.25) is 0 Å². The molecule has 0 bridgehead atoms. The normalized spacial score (nSPS) is 12.2. The van der Waals surface area contributed by atoms with Crippen molar-refractivity contribution >= 4 is 27.3 Å². The first-order valence-corrected chi connectivity index (χ1v) is 5.65. The Morgan fingerprint density at radius 2 is 2.31 bits per heavy atom. The molecule has 0 saturated carbocycles. The van der Waals surface area contributed by atoms with Gasteiger partial charge in [-0.1, -0.05) is 0 Å². The zero-order valence-corrected chi connectivity index (χ0v) is 10.4. The molecule has 0 amide bonds. The summed E-state index contributed by atoms with van der Waals surface area (Å²) in [5, 5.41) is 22.4. The molecule has 0 spiro atoms. The molecule has 0 saturated heterocycles. The van der Waals surface area contributed by atoms with E-state index < -0.39 is 4.92 Å². The van der Waals surface area contributed by atoms with Gasteiger partial charge in [-0.05, 0) is 35.3 Å². The molecular weight excluding hydrogens is 276 g/mol. The van der Waals surface area contributed by atoms with E-state index in [9.17, 15) is 10.1 Å². The molecule has 0 aliphatic heterocycles. The number of rotatable bonds is 5. The van der Waals surface area contributed by atoms with Crippen LogP contribution in [-0.4, -0.2) is 22.7 Å². The van der Waals surface area contributed by atoms with E-state index in [4.69, 9.17) is 5.11 Å². The fourth-order valence-corrected chi connectivity index (χ4v) is 1.75. The second kappa shape index (κ2) is 5.81. The molecule has 1 aromatic carbocycles. The van der Waals surface area contributed by atoms with E-state index in [1.165, 1.54) is 12.1 Å². The number of non-ortho nitro benzene ring substituents is 1. The lowest BCUT2D eigenvalue weighted by atomic mass is 10.2. The van der Waals surface area contributed by atoms with Crippen molar-refractivity contribution in [2.45, 2.75) is 19.4 Å². The maximum absolute atomic E-state index is 10.5. The third kappa shape index (κ3) is 3.46. The van der Waals surface area contributed by atoms with Crippen molar-refractivity contribution in [2.75, 3.05) is 11.9 Å². The van der Waals surface area contributed by atoms with Crippen molar-refractivity contribution < 1.29 is 10.0 Å². The van der Waals surface area contributed by atoms with Crippen molar-refractivity contribution in [2.24, 2.45) is 0 Å². The SMILES string of the molecule is CC(CCO)Nc1ccc([N+](=O)[O-])cc1Br. The molecule has 1 aromatic rings. The predicted octanol–water partition coefficient (Wildman–Crippen LogP) is 2.54. The summed E-state index contributed by atoms with van der Waals surface area (Å²) < 4.78 is 0.645. The highest BCUT2D eigenvalue weighted by atomic mass is 79.9. The minimum atomic E-state index is -0.439. The number of aliphatic hydroxyl groups excluding tert-OH is 1. The molecule has 6 heteroatoms. The fourth-order valence-electron chi connectivity index (χ4n) is 1.27. The van der Waals surface area contributed by atoms with E-state index >= 15 is 0 Å². The maximum atomic E-state index is 10.5. The Bertz CT molecular complexity index is 384. The van der Waals surface area contributed by atoms with Crippen LogP contribution in [0.3, 0.4) is 0 Å². The molecule has 1 atom stereocenters. The largest absolute Gasteiger partial charge is 0.396 e. The lowest BCUT2D eigenvalue weighted by Crippen LogP contribution is -2.16. The summed E-state index contributed by atoms with van der Waals surface area (Å²) >= 11 is 3.27. The van der Waals surface area contributed by atoms with E-state index in [1.54, 1.807) is 6.07 Å². The van der Waals surface area contributed by atoms with Crippen LogP contribution in [0, 0.1) is 10.1 Å². The number of aliphatic hydroxyl groups is 1. The molecule has 0 aliphatic carbocycles. The number of nitro groups is 1. The summed E-state index contributed by atoms with van der Waals surface area (Å²) in [6, 6.07) is 4.66. The highest BCUT2D eigenvalue weighted by Crippen LogP contribution is 2.27. The minimum Gasteiger partial charge on any atom is -0.396 e. The van der Waals surface area contributed by atoms with Gasteiger partial charge in [-0.15, -0.1) is 0 Å². The highest BCUT2D eigenvalue weighted by Gasteiger charge is 2.10. The molecule has 2 N–H and O–H groups in total. The predicted molar refractivity (Wildman–Crippen MR) is 65.6 cm³/mol. The first kappa shape index (κ1) is 12.9. The van der Waals surface area contributed by atoms with Gasteiger partial charge in [0.1, 0.15) is 0 Å². The Hall–Kier alpha value is -1.14. The van der Waals surface area contributed by atoms with Crippen molar-refractivity contribution in [1.82, 2.24) is 0 Å². The molecule has 88 valence electrons. The summed E-state index contributed by atoms with van der Waals surface area (Å²) in [6.45, 7) is 2.04. The Morgan fingerprint density at radius 3 is 2.81 bits per heavy atom. The zero-order chi connectivity index (χ0) is 12.1. The molecular formula is C10H13BrN2O3. The van der Waals surface area contributed by atoms with Crippen LogP contribution in [0.15, 0.2) is 22.7 Å². The summed E-state index contributed by atoms with van der Waals surface area (Å²) in [6.07, 6.45) is 0.628. The van der Waals surface area contributed by atoms with Gasteiger partial charge in [-0.25, -0.2) is 0 Å². The van der Waals surface area contributed by atoms with Crippen LogP contribution >= 0.6 is 15.9 Å². The monoisotopic (exact) mass is 288 g/mol. The van der Waals surface area contributed by atoms with Gasteiger partial charge in [-0.3, -0.25) is 10.1 Å². The van der Waals surface area contributed by atoms with E-state index in [-0.39, 0.29) is 18.3 Å². The zero-order valence-electron chi connectivity index (χ0n) is 8.81. The lowest BCUT2D eigenvalue weighted by Gasteiger charge is -2.14. The minimum absolute atomic E-state index is 0.0484. The molecule has 0 fully saturated rings. The van der Waals surface area contributed by atoms with Gasteiger partial charge in [0.2, 0.25) is 0 Å². The van der Waals surface area contributed by atoms with Crippen molar-refractivity contribution in [3.05, 3.63) is 32.8 Å². The van der Waals surface area contributed by atoms with E-state index in [0.29, 0.717) is 10.9 Å². The number of nitrogens with one attached hydrogen (secondary N) is 1. The topological polar surface area (TPSA) is 75.4 Å². The number of halogens is 1. The van der Waals surface area contributed by atoms with Crippen LogP contribution < -0.4 is 5.32 Å². The molecule has 0 aliphatic rings. The molecule has 1 rings (SSSR count). The van der Waals surface area contributed by atoms with E-state index in [0.717, 1.165) is 5.69 Å². The average Bonchev–Trinajstić information content (AvgIpc) is 2.21. The molecule has 0 heterocycles. The second-order valence-corrected chi connectivity index (χ2v) is 4.33. The van der Waals surface area contributed by atoms with Crippen molar-refractivity contribution in [3.8, 4) is 0 Å². The third-order valence-corrected chi connectivity index (χ3v) is 2.78. The van der Waals surface area contributed by atoms with Gasteiger partial charge in [0.25, 0.3) is 5.69 Å². The first-order valence-electron chi connectivity index (χ1n) is 4.86. The summed E-state index contributed by atoms with van der Waals surface area (Å²) in [5.41, 5.74) is 0.832. The molecule has 16 heavy (non-hydrogen) atoms. The first-order chi connectivity index (χ1) is 7.54. The van der Waals surface area contributed by atoms with Gasteiger partial charge in [0.15, 0.2) is 0 Å².